The lowest BCUT2D eigenvalue weighted by molar-refractivity contribution is 0.780. The van der Waals surface area contributed by atoms with Crippen LogP contribution in [0, 0.1) is 13.8 Å². The zero-order valence-electron chi connectivity index (χ0n) is 10.6. The molecule has 0 aliphatic rings. The molecular formula is C13H18N4. The molecule has 2 N–H and O–H groups in total. The van der Waals surface area contributed by atoms with E-state index < -0.39 is 0 Å². The van der Waals surface area contributed by atoms with Crippen molar-refractivity contribution in [3.63, 3.8) is 0 Å². The van der Waals surface area contributed by atoms with Crippen LogP contribution in [0.1, 0.15) is 17.0 Å². The zero-order valence-corrected chi connectivity index (χ0v) is 10.6. The lowest BCUT2D eigenvalue weighted by Gasteiger charge is -2.05. The highest BCUT2D eigenvalue weighted by Crippen LogP contribution is 2.20. The van der Waals surface area contributed by atoms with Crippen molar-refractivity contribution in [2.45, 2.75) is 20.3 Å². The van der Waals surface area contributed by atoms with Gasteiger partial charge in [-0.15, -0.1) is 10.2 Å². The van der Waals surface area contributed by atoms with Gasteiger partial charge in [0, 0.05) is 19.0 Å². The maximum Gasteiger partial charge on any atom is 0.163 e. The van der Waals surface area contributed by atoms with Crippen LogP contribution in [0.5, 0.6) is 0 Å². The van der Waals surface area contributed by atoms with E-state index >= 15 is 0 Å². The molecule has 4 nitrogen and oxygen atoms in total. The first-order valence-corrected chi connectivity index (χ1v) is 5.79. The van der Waals surface area contributed by atoms with E-state index in [9.17, 15) is 0 Å². The van der Waals surface area contributed by atoms with E-state index in [4.69, 9.17) is 5.73 Å². The van der Waals surface area contributed by atoms with E-state index in [1.54, 1.807) is 0 Å². The van der Waals surface area contributed by atoms with Crippen LogP contribution < -0.4 is 5.73 Å². The Bertz CT molecular complexity index is 528. The van der Waals surface area contributed by atoms with Crippen molar-refractivity contribution in [1.29, 1.82) is 0 Å². The number of hydrogen-bond acceptors (Lipinski definition) is 3. The molecule has 0 radical (unpaired) electrons. The molecule has 0 atom stereocenters. The lowest BCUT2D eigenvalue weighted by Crippen LogP contribution is -2.08. The van der Waals surface area contributed by atoms with Crippen LogP contribution in [-0.4, -0.2) is 21.3 Å². The van der Waals surface area contributed by atoms with Gasteiger partial charge in [0.05, 0.1) is 0 Å². The lowest BCUT2D eigenvalue weighted by atomic mass is 10.1. The average molecular weight is 230 g/mol. The van der Waals surface area contributed by atoms with E-state index in [1.807, 2.05) is 11.6 Å². The SMILES string of the molecule is Cc1ccc(-c2nnc(CCN)n2C)cc1C. The molecule has 1 aromatic carbocycles. The summed E-state index contributed by atoms with van der Waals surface area (Å²) < 4.78 is 2.01. The fourth-order valence-corrected chi connectivity index (χ4v) is 1.84. The van der Waals surface area contributed by atoms with Gasteiger partial charge in [-0.05, 0) is 37.6 Å². The van der Waals surface area contributed by atoms with Gasteiger partial charge >= 0.3 is 0 Å². The maximum absolute atomic E-state index is 5.54. The van der Waals surface area contributed by atoms with Crippen molar-refractivity contribution >= 4 is 0 Å². The van der Waals surface area contributed by atoms with Crippen molar-refractivity contribution < 1.29 is 0 Å². The predicted octanol–water partition coefficient (Wildman–Crippen LogP) is 1.60. The van der Waals surface area contributed by atoms with E-state index in [0.717, 1.165) is 23.6 Å². The Balaban J connectivity index is 2.42. The summed E-state index contributed by atoms with van der Waals surface area (Å²) in [7, 11) is 1.98. The highest BCUT2D eigenvalue weighted by molar-refractivity contribution is 5.57. The summed E-state index contributed by atoms with van der Waals surface area (Å²) in [5, 5.41) is 8.40. The van der Waals surface area contributed by atoms with Crippen LogP contribution in [0.3, 0.4) is 0 Å². The van der Waals surface area contributed by atoms with Crippen LogP contribution in [0.25, 0.3) is 11.4 Å². The van der Waals surface area contributed by atoms with E-state index in [-0.39, 0.29) is 0 Å². The smallest absolute Gasteiger partial charge is 0.163 e. The first-order chi connectivity index (χ1) is 8.13. The molecule has 90 valence electrons. The highest BCUT2D eigenvalue weighted by Gasteiger charge is 2.10. The van der Waals surface area contributed by atoms with E-state index in [1.165, 1.54) is 11.1 Å². The van der Waals surface area contributed by atoms with Crippen LogP contribution >= 0.6 is 0 Å². The van der Waals surface area contributed by atoms with E-state index in [2.05, 4.69) is 42.2 Å². The summed E-state index contributed by atoms with van der Waals surface area (Å²) in [6.07, 6.45) is 0.758. The minimum atomic E-state index is 0.596. The number of rotatable bonds is 3. The third-order valence-corrected chi connectivity index (χ3v) is 3.10. The normalized spacial score (nSPS) is 10.8. The largest absolute Gasteiger partial charge is 0.330 e. The highest BCUT2D eigenvalue weighted by atomic mass is 15.3. The second-order valence-corrected chi connectivity index (χ2v) is 4.34. The third-order valence-electron chi connectivity index (χ3n) is 3.10. The van der Waals surface area contributed by atoms with Crippen LogP contribution in [0.2, 0.25) is 0 Å². The summed E-state index contributed by atoms with van der Waals surface area (Å²) in [5.74, 6) is 1.83. The monoisotopic (exact) mass is 230 g/mol. The minimum Gasteiger partial charge on any atom is -0.330 e. The molecular weight excluding hydrogens is 212 g/mol. The molecule has 0 bridgehead atoms. The summed E-state index contributed by atoms with van der Waals surface area (Å²) in [6.45, 7) is 4.81. The van der Waals surface area contributed by atoms with Gasteiger partial charge in [-0.1, -0.05) is 12.1 Å². The summed E-state index contributed by atoms with van der Waals surface area (Å²) in [6, 6.07) is 6.34. The van der Waals surface area contributed by atoms with Gasteiger partial charge in [0.25, 0.3) is 0 Å². The fraction of sp³-hybridized carbons (Fsp3) is 0.385. The number of aromatic nitrogens is 3. The Hall–Kier alpha value is -1.68. The Morgan fingerprint density at radius 3 is 2.59 bits per heavy atom. The van der Waals surface area contributed by atoms with Crippen molar-refractivity contribution in [2.75, 3.05) is 6.54 Å². The Labute approximate surface area is 101 Å². The second-order valence-electron chi connectivity index (χ2n) is 4.34. The number of nitrogens with two attached hydrogens (primary N) is 1. The van der Waals surface area contributed by atoms with Crippen LogP contribution in [0.4, 0.5) is 0 Å². The zero-order chi connectivity index (χ0) is 12.4. The Morgan fingerprint density at radius 2 is 1.94 bits per heavy atom. The molecule has 0 unspecified atom stereocenters. The maximum atomic E-state index is 5.54. The number of benzene rings is 1. The summed E-state index contributed by atoms with van der Waals surface area (Å²) in [5.41, 5.74) is 9.20. The summed E-state index contributed by atoms with van der Waals surface area (Å²) in [4.78, 5) is 0. The molecule has 1 aromatic heterocycles. The van der Waals surface area contributed by atoms with Crippen molar-refractivity contribution in [3.8, 4) is 11.4 Å². The van der Waals surface area contributed by atoms with Gasteiger partial charge in [0.15, 0.2) is 5.82 Å². The Kier molecular flexibility index (Phi) is 3.24. The topological polar surface area (TPSA) is 56.7 Å². The molecule has 0 spiro atoms. The molecule has 0 fully saturated rings. The van der Waals surface area contributed by atoms with Gasteiger partial charge < -0.3 is 10.3 Å². The molecule has 0 saturated carbocycles. The first kappa shape index (κ1) is 11.8. The Morgan fingerprint density at radius 1 is 1.18 bits per heavy atom. The number of aryl methyl sites for hydroxylation is 2. The fourth-order valence-electron chi connectivity index (χ4n) is 1.84. The van der Waals surface area contributed by atoms with E-state index in [0.29, 0.717) is 6.54 Å². The van der Waals surface area contributed by atoms with Gasteiger partial charge in [0.2, 0.25) is 0 Å². The van der Waals surface area contributed by atoms with Gasteiger partial charge in [0.1, 0.15) is 5.82 Å². The molecule has 0 saturated heterocycles. The average Bonchev–Trinajstić information content (AvgIpc) is 2.66. The van der Waals surface area contributed by atoms with Gasteiger partial charge in [-0.25, -0.2) is 0 Å². The second kappa shape index (κ2) is 4.67. The molecule has 4 heteroatoms. The van der Waals surface area contributed by atoms with Crippen LogP contribution in [0.15, 0.2) is 18.2 Å². The van der Waals surface area contributed by atoms with Crippen molar-refractivity contribution in [1.82, 2.24) is 14.8 Å². The molecule has 2 rings (SSSR count). The molecule has 17 heavy (non-hydrogen) atoms. The minimum absolute atomic E-state index is 0.596. The van der Waals surface area contributed by atoms with Crippen molar-refractivity contribution in [2.24, 2.45) is 12.8 Å². The molecule has 2 aromatic rings. The van der Waals surface area contributed by atoms with Gasteiger partial charge in [-0.2, -0.15) is 0 Å². The molecule has 0 aliphatic carbocycles. The molecule has 1 heterocycles. The number of hydrogen-bond donors (Lipinski definition) is 1. The molecule has 0 aliphatic heterocycles. The standard InChI is InChI=1S/C13H18N4/c1-9-4-5-11(8-10(9)2)13-16-15-12(6-7-14)17(13)3/h4-5,8H,6-7,14H2,1-3H3. The van der Waals surface area contributed by atoms with Gasteiger partial charge in [-0.3, -0.25) is 0 Å². The third kappa shape index (κ3) is 2.22. The predicted molar refractivity (Wildman–Crippen MR) is 68.7 cm³/mol. The number of nitrogens with zero attached hydrogens (tertiary/aromatic N) is 3. The summed E-state index contributed by atoms with van der Waals surface area (Å²) >= 11 is 0. The quantitative estimate of drug-likeness (QED) is 0.871. The van der Waals surface area contributed by atoms with Crippen LogP contribution in [-0.2, 0) is 13.5 Å². The molecule has 0 amide bonds. The van der Waals surface area contributed by atoms with Crippen molar-refractivity contribution in [3.05, 3.63) is 35.2 Å². The first-order valence-electron chi connectivity index (χ1n) is 5.79.